The number of nitrogens with zero attached hydrogens (tertiary/aromatic N) is 1. The molecule has 28 heavy (non-hydrogen) atoms. The van der Waals surface area contributed by atoms with Crippen LogP contribution in [0.3, 0.4) is 0 Å². The van der Waals surface area contributed by atoms with Crippen LogP contribution >= 0.6 is 23.8 Å². The van der Waals surface area contributed by atoms with Crippen molar-refractivity contribution in [3.8, 4) is 0 Å². The van der Waals surface area contributed by atoms with Gasteiger partial charge >= 0.3 is 0 Å². The molecular formula is C21H28ClN3O2S. The molecule has 1 aromatic carbocycles. The lowest BCUT2D eigenvalue weighted by molar-refractivity contribution is -0.137. The Labute approximate surface area is 177 Å². The van der Waals surface area contributed by atoms with E-state index in [2.05, 4.69) is 17.6 Å². The number of carbonyl (C=O) groups is 2. The SMILES string of the molecule is CCCCCN1C(=O)C2CCC(C(=O)NCc3ccccc3Cl)CC2NC1=S. The van der Waals surface area contributed by atoms with Crippen LogP contribution < -0.4 is 10.6 Å². The summed E-state index contributed by atoms with van der Waals surface area (Å²) in [7, 11) is 0. The molecule has 7 heteroatoms. The van der Waals surface area contributed by atoms with E-state index in [1.807, 2.05) is 24.3 Å². The molecule has 2 aliphatic rings. The summed E-state index contributed by atoms with van der Waals surface area (Å²) in [6, 6.07) is 7.46. The Morgan fingerprint density at radius 1 is 1.32 bits per heavy atom. The first-order chi connectivity index (χ1) is 13.5. The summed E-state index contributed by atoms with van der Waals surface area (Å²) in [6.07, 6.45) is 5.24. The van der Waals surface area contributed by atoms with Crippen LogP contribution in [0.4, 0.5) is 0 Å². The topological polar surface area (TPSA) is 61.4 Å². The predicted octanol–water partition coefficient (Wildman–Crippen LogP) is 3.65. The van der Waals surface area contributed by atoms with Gasteiger partial charge in [-0.1, -0.05) is 49.6 Å². The minimum atomic E-state index is -0.113. The van der Waals surface area contributed by atoms with Gasteiger partial charge in [0.25, 0.3) is 0 Å². The van der Waals surface area contributed by atoms with Crippen molar-refractivity contribution in [2.75, 3.05) is 6.54 Å². The van der Waals surface area contributed by atoms with Crippen molar-refractivity contribution in [2.45, 2.75) is 58.0 Å². The van der Waals surface area contributed by atoms with Gasteiger partial charge in [0.1, 0.15) is 0 Å². The van der Waals surface area contributed by atoms with E-state index in [0.29, 0.717) is 36.1 Å². The lowest BCUT2D eigenvalue weighted by Crippen LogP contribution is -2.62. The third-order valence-electron chi connectivity index (χ3n) is 5.75. The molecule has 1 aliphatic carbocycles. The Morgan fingerprint density at radius 2 is 2.11 bits per heavy atom. The quantitative estimate of drug-likeness (QED) is 0.521. The zero-order valence-corrected chi connectivity index (χ0v) is 17.8. The van der Waals surface area contributed by atoms with E-state index in [1.165, 1.54) is 0 Å². The number of benzene rings is 1. The molecule has 1 aliphatic heterocycles. The second-order valence-electron chi connectivity index (χ2n) is 7.68. The van der Waals surface area contributed by atoms with Crippen LogP contribution in [0, 0.1) is 11.8 Å². The highest BCUT2D eigenvalue weighted by Gasteiger charge is 2.43. The number of unbranched alkanes of at least 4 members (excludes halogenated alkanes) is 2. The van der Waals surface area contributed by atoms with Gasteiger partial charge in [0.05, 0.1) is 5.92 Å². The van der Waals surface area contributed by atoms with Crippen LogP contribution in [0.2, 0.25) is 5.02 Å². The standard InChI is InChI=1S/C21H28ClN3O2S/c1-2-3-6-11-25-20(27)16-10-9-14(12-18(16)24-21(25)28)19(26)23-13-15-7-4-5-8-17(15)22/h4-5,7-8,14,16,18H,2-3,6,9-13H2,1H3,(H,23,26)(H,24,28). The third kappa shape index (κ3) is 4.84. The lowest BCUT2D eigenvalue weighted by Gasteiger charge is -2.43. The summed E-state index contributed by atoms with van der Waals surface area (Å²) in [5.74, 6) is -0.0527. The Hall–Kier alpha value is -1.66. The molecule has 3 rings (SSSR count). The lowest BCUT2D eigenvalue weighted by atomic mass is 9.76. The number of fused-ring (bicyclic) bond motifs is 1. The summed E-state index contributed by atoms with van der Waals surface area (Å²) < 4.78 is 0. The van der Waals surface area contributed by atoms with Crippen molar-refractivity contribution >= 4 is 40.7 Å². The molecule has 2 N–H and O–H groups in total. The molecule has 5 nitrogen and oxygen atoms in total. The Kier molecular flexibility index (Phi) is 7.30. The maximum atomic E-state index is 12.9. The number of thiocarbonyl (C=S) groups is 1. The molecule has 1 saturated carbocycles. The highest BCUT2D eigenvalue weighted by molar-refractivity contribution is 7.80. The maximum Gasteiger partial charge on any atom is 0.233 e. The van der Waals surface area contributed by atoms with Crippen LogP contribution in [0.5, 0.6) is 0 Å². The van der Waals surface area contributed by atoms with Crippen LogP contribution in [-0.2, 0) is 16.1 Å². The van der Waals surface area contributed by atoms with E-state index in [0.717, 1.165) is 31.2 Å². The number of nitrogens with one attached hydrogen (secondary N) is 2. The third-order valence-corrected chi connectivity index (χ3v) is 6.46. The molecule has 0 spiro atoms. The van der Waals surface area contributed by atoms with E-state index in [4.69, 9.17) is 23.8 Å². The molecule has 2 amide bonds. The predicted molar refractivity (Wildman–Crippen MR) is 115 cm³/mol. The van der Waals surface area contributed by atoms with Gasteiger partial charge in [0, 0.05) is 30.1 Å². The normalized spacial score (nSPS) is 24.5. The number of rotatable bonds is 7. The minimum Gasteiger partial charge on any atom is -0.359 e. The van der Waals surface area contributed by atoms with Crippen molar-refractivity contribution in [3.05, 3.63) is 34.9 Å². The molecule has 3 atom stereocenters. The summed E-state index contributed by atoms with van der Waals surface area (Å²) in [5, 5.41) is 7.49. The highest BCUT2D eigenvalue weighted by atomic mass is 35.5. The fourth-order valence-corrected chi connectivity index (χ4v) is 4.64. The number of amides is 2. The van der Waals surface area contributed by atoms with E-state index in [1.54, 1.807) is 4.90 Å². The van der Waals surface area contributed by atoms with Crippen LogP contribution in [0.1, 0.15) is 51.0 Å². The van der Waals surface area contributed by atoms with Gasteiger partial charge in [-0.3, -0.25) is 14.5 Å². The van der Waals surface area contributed by atoms with Crippen LogP contribution in [0.15, 0.2) is 24.3 Å². The maximum absolute atomic E-state index is 12.9. The smallest absolute Gasteiger partial charge is 0.233 e. The largest absolute Gasteiger partial charge is 0.359 e. The van der Waals surface area contributed by atoms with Gasteiger partial charge in [-0.25, -0.2) is 0 Å². The van der Waals surface area contributed by atoms with Crippen molar-refractivity contribution in [1.29, 1.82) is 0 Å². The Morgan fingerprint density at radius 3 is 2.86 bits per heavy atom. The zero-order chi connectivity index (χ0) is 20.1. The molecule has 3 unspecified atom stereocenters. The summed E-state index contributed by atoms with van der Waals surface area (Å²) in [4.78, 5) is 27.2. The average Bonchev–Trinajstić information content (AvgIpc) is 2.69. The van der Waals surface area contributed by atoms with Crippen LogP contribution in [-0.4, -0.2) is 34.4 Å². The number of hydrogen-bond acceptors (Lipinski definition) is 3. The summed E-state index contributed by atoms with van der Waals surface area (Å²) >= 11 is 11.6. The first-order valence-electron chi connectivity index (χ1n) is 10.1. The van der Waals surface area contributed by atoms with Crippen molar-refractivity contribution in [1.82, 2.24) is 15.5 Å². The molecule has 1 saturated heterocycles. The summed E-state index contributed by atoms with van der Waals surface area (Å²) in [6.45, 7) is 3.24. The van der Waals surface area contributed by atoms with E-state index in [-0.39, 0.29) is 29.7 Å². The highest BCUT2D eigenvalue weighted by Crippen LogP contribution is 2.33. The molecule has 2 fully saturated rings. The molecule has 0 bridgehead atoms. The second kappa shape index (κ2) is 9.70. The molecule has 0 aromatic heterocycles. The van der Waals surface area contributed by atoms with Gasteiger partial charge in [-0.05, 0) is 49.5 Å². The van der Waals surface area contributed by atoms with E-state index < -0.39 is 0 Å². The number of hydrogen-bond donors (Lipinski definition) is 2. The van der Waals surface area contributed by atoms with Gasteiger partial charge in [0.15, 0.2) is 5.11 Å². The van der Waals surface area contributed by atoms with Crippen molar-refractivity contribution < 1.29 is 9.59 Å². The Balaban J connectivity index is 1.54. The van der Waals surface area contributed by atoms with E-state index in [9.17, 15) is 9.59 Å². The monoisotopic (exact) mass is 421 g/mol. The first-order valence-corrected chi connectivity index (χ1v) is 10.9. The van der Waals surface area contributed by atoms with Crippen molar-refractivity contribution in [3.63, 3.8) is 0 Å². The van der Waals surface area contributed by atoms with E-state index >= 15 is 0 Å². The van der Waals surface area contributed by atoms with Crippen molar-refractivity contribution in [2.24, 2.45) is 11.8 Å². The molecule has 1 aromatic rings. The van der Waals surface area contributed by atoms with Gasteiger partial charge in [-0.15, -0.1) is 0 Å². The number of halogens is 1. The molecule has 0 radical (unpaired) electrons. The Bertz CT molecular complexity index is 742. The number of carbonyl (C=O) groups excluding carboxylic acids is 2. The molecular weight excluding hydrogens is 394 g/mol. The molecule has 1 heterocycles. The average molecular weight is 422 g/mol. The molecule has 152 valence electrons. The van der Waals surface area contributed by atoms with Gasteiger partial charge in [0.2, 0.25) is 11.8 Å². The van der Waals surface area contributed by atoms with Crippen LogP contribution in [0.25, 0.3) is 0 Å². The first kappa shape index (κ1) is 21.1. The van der Waals surface area contributed by atoms with Gasteiger partial charge < -0.3 is 10.6 Å². The van der Waals surface area contributed by atoms with Gasteiger partial charge in [-0.2, -0.15) is 0 Å². The minimum absolute atomic E-state index is 0.0175. The fraction of sp³-hybridized carbons (Fsp3) is 0.571. The fourth-order valence-electron chi connectivity index (χ4n) is 4.10. The second-order valence-corrected chi connectivity index (χ2v) is 8.47. The zero-order valence-electron chi connectivity index (χ0n) is 16.2. The summed E-state index contributed by atoms with van der Waals surface area (Å²) in [5.41, 5.74) is 0.904.